The Morgan fingerprint density at radius 1 is 1.36 bits per heavy atom. The molecule has 28 heavy (non-hydrogen) atoms. The molecular formula is C23H34O5. The van der Waals surface area contributed by atoms with Crippen molar-refractivity contribution in [2.24, 2.45) is 17.3 Å². The summed E-state index contributed by atoms with van der Waals surface area (Å²) in [6.45, 7) is 2.14. The van der Waals surface area contributed by atoms with Crippen LogP contribution in [0.4, 0.5) is 0 Å². The Bertz CT molecular complexity index is 623. The number of carboxylic acid groups (broad SMARTS) is 1. The summed E-state index contributed by atoms with van der Waals surface area (Å²) in [5.41, 5.74) is 0.0195. The van der Waals surface area contributed by atoms with Crippen LogP contribution in [0.1, 0.15) is 77.6 Å². The molecule has 0 radical (unpaired) electrons. The molecule has 5 heteroatoms. The average molecular weight is 391 g/mol. The Kier molecular flexibility index (Phi) is 8.72. The number of allylic oxidation sites excluding steroid dienone is 2. The number of carbonyl (C=O) groups is 2. The summed E-state index contributed by atoms with van der Waals surface area (Å²) >= 11 is 0. The van der Waals surface area contributed by atoms with Crippen molar-refractivity contribution >= 4 is 11.8 Å². The van der Waals surface area contributed by atoms with Gasteiger partial charge in [-0.15, -0.1) is 5.92 Å². The van der Waals surface area contributed by atoms with E-state index in [0.29, 0.717) is 25.7 Å². The topological polar surface area (TPSA) is 94.8 Å². The number of aliphatic hydroxyl groups excluding tert-OH is 2. The van der Waals surface area contributed by atoms with Crippen LogP contribution >= 0.6 is 0 Å². The van der Waals surface area contributed by atoms with E-state index in [4.69, 9.17) is 5.11 Å². The van der Waals surface area contributed by atoms with Crippen LogP contribution in [-0.2, 0) is 9.59 Å². The number of rotatable bonds is 10. The molecule has 0 spiro atoms. The molecule has 0 aromatic rings. The van der Waals surface area contributed by atoms with Crippen LogP contribution in [0.2, 0.25) is 0 Å². The van der Waals surface area contributed by atoms with E-state index in [0.717, 1.165) is 25.7 Å². The summed E-state index contributed by atoms with van der Waals surface area (Å²) in [4.78, 5) is 22.7. The number of unbranched alkanes of at least 4 members (excludes halogenated alkanes) is 1. The SMILES string of the molecule is CCCC1(C(O)CC#C[C@H]2C(O)CC(=O)[C@@H]2CC=CCCCC(=O)O)CCC1. The van der Waals surface area contributed by atoms with Gasteiger partial charge in [0.15, 0.2) is 0 Å². The Morgan fingerprint density at radius 2 is 2.11 bits per heavy atom. The van der Waals surface area contributed by atoms with Gasteiger partial charge in [-0.1, -0.05) is 37.8 Å². The summed E-state index contributed by atoms with van der Waals surface area (Å²) in [6.07, 6.45) is 10.4. The van der Waals surface area contributed by atoms with Gasteiger partial charge in [0.1, 0.15) is 5.78 Å². The van der Waals surface area contributed by atoms with Crippen LogP contribution in [0.5, 0.6) is 0 Å². The van der Waals surface area contributed by atoms with Gasteiger partial charge in [-0.2, -0.15) is 0 Å². The first-order valence-electron chi connectivity index (χ1n) is 10.6. The van der Waals surface area contributed by atoms with Crippen molar-refractivity contribution in [2.75, 3.05) is 0 Å². The first-order valence-corrected chi connectivity index (χ1v) is 10.6. The molecule has 0 amide bonds. The standard InChI is InChI=1S/C23H34O5/c1-2-13-23(14-8-15-23)21(26)11-7-10-18-17(19(24)16-20(18)25)9-5-3-4-6-12-22(27)28/h3,5,17-18,20-21,25-26H,2,4,6,8-9,11-16H2,1H3,(H,27,28)/t17-,18-,20?,21?/m1/s1. The molecular weight excluding hydrogens is 356 g/mol. The molecule has 2 aliphatic rings. The molecule has 0 heterocycles. The van der Waals surface area contributed by atoms with Gasteiger partial charge in [0, 0.05) is 25.2 Å². The van der Waals surface area contributed by atoms with Gasteiger partial charge in [-0.25, -0.2) is 0 Å². The summed E-state index contributed by atoms with van der Waals surface area (Å²) < 4.78 is 0. The second-order valence-electron chi connectivity index (χ2n) is 8.37. The quantitative estimate of drug-likeness (QED) is 0.302. The van der Waals surface area contributed by atoms with Crippen molar-refractivity contribution in [2.45, 2.75) is 89.8 Å². The first kappa shape index (κ1) is 22.6. The number of hydrogen-bond acceptors (Lipinski definition) is 4. The van der Waals surface area contributed by atoms with Crippen molar-refractivity contribution in [3.05, 3.63) is 12.2 Å². The van der Waals surface area contributed by atoms with Gasteiger partial charge < -0.3 is 15.3 Å². The van der Waals surface area contributed by atoms with E-state index >= 15 is 0 Å². The zero-order valence-electron chi connectivity index (χ0n) is 16.9. The van der Waals surface area contributed by atoms with Crippen molar-refractivity contribution in [3.63, 3.8) is 0 Å². The van der Waals surface area contributed by atoms with Gasteiger partial charge in [0.2, 0.25) is 0 Å². The Morgan fingerprint density at radius 3 is 2.71 bits per heavy atom. The first-order chi connectivity index (χ1) is 13.4. The van der Waals surface area contributed by atoms with Gasteiger partial charge in [0.05, 0.1) is 18.1 Å². The normalized spacial score (nSPS) is 27.2. The zero-order chi connectivity index (χ0) is 20.6. The third-order valence-corrected chi connectivity index (χ3v) is 6.36. The summed E-state index contributed by atoms with van der Waals surface area (Å²) in [7, 11) is 0. The van der Waals surface area contributed by atoms with Crippen molar-refractivity contribution in [1.29, 1.82) is 0 Å². The molecule has 0 aromatic carbocycles. The molecule has 0 bridgehead atoms. The van der Waals surface area contributed by atoms with Gasteiger partial charge in [0.25, 0.3) is 0 Å². The molecule has 156 valence electrons. The molecule has 2 saturated carbocycles. The van der Waals surface area contributed by atoms with Crippen LogP contribution in [0.25, 0.3) is 0 Å². The third-order valence-electron chi connectivity index (χ3n) is 6.36. The van der Waals surface area contributed by atoms with Gasteiger partial charge in [-0.05, 0) is 43.9 Å². The lowest BCUT2D eigenvalue weighted by Gasteiger charge is -2.45. The molecule has 2 rings (SSSR count). The molecule has 0 saturated heterocycles. The minimum absolute atomic E-state index is 0.0195. The molecule has 5 nitrogen and oxygen atoms in total. The Hall–Kier alpha value is -1.64. The van der Waals surface area contributed by atoms with Gasteiger partial charge in [-0.3, -0.25) is 9.59 Å². The predicted octanol–water partition coefficient (Wildman–Crippen LogP) is 3.48. The number of carbonyl (C=O) groups excluding carboxylic acids is 1. The molecule has 2 fully saturated rings. The van der Waals surface area contributed by atoms with Crippen molar-refractivity contribution in [3.8, 4) is 11.8 Å². The van der Waals surface area contributed by atoms with Gasteiger partial charge >= 0.3 is 5.97 Å². The average Bonchev–Trinajstić information content (AvgIpc) is 2.87. The van der Waals surface area contributed by atoms with Crippen LogP contribution < -0.4 is 0 Å². The molecule has 2 aliphatic carbocycles. The number of Topliss-reactive ketones (excluding diaryl/α,β-unsaturated/α-hetero) is 1. The second-order valence-corrected chi connectivity index (χ2v) is 8.37. The van der Waals surface area contributed by atoms with E-state index in [2.05, 4.69) is 18.8 Å². The minimum atomic E-state index is -0.803. The molecule has 4 atom stereocenters. The van der Waals surface area contributed by atoms with E-state index < -0.39 is 18.2 Å². The highest BCUT2D eigenvalue weighted by Crippen LogP contribution is 2.48. The lowest BCUT2D eigenvalue weighted by molar-refractivity contribution is -0.137. The van der Waals surface area contributed by atoms with Crippen molar-refractivity contribution in [1.82, 2.24) is 0 Å². The lowest BCUT2D eigenvalue weighted by Crippen LogP contribution is -2.41. The number of aliphatic carboxylic acids is 1. The third kappa shape index (κ3) is 5.93. The molecule has 0 aromatic heterocycles. The zero-order valence-corrected chi connectivity index (χ0v) is 16.9. The fraction of sp³-hybridized carbons (Fsp3) is 0.739. The predicted molar refractivity (Wildman–Crippen MR) is 107 cm³/mol. The fourth-order valence-corrected chi connectivity index (χ4v) is 4.53. The maximum atomic E-state index is 12.2. The lowest BCUT2D eigenvalue weighted by atomic mass is 9.62. The van der Waals surface area contributed by atoms with Crippen LogP contribution in [0, 0.1) is 29.1 Å². The largest absolute Gasteiger partial charge is 0.481 e. The molecule has 2 unspecified atom stereocenters. The minimum Gasteiger partial charge on any atom is -0.481 e. The maximum absolute atomic E-state index is 12.2. The Balaban J connectivity index is 1.88. The fourth-order valence-electron chi connectivity index (χ4n) is 4.53. The molecule has 3 N–H and O–H groups in total. The monoisotopic (exact) mass is 390 g/mol. The van der Waals surface area contributed by atoms with E-state index in [1.807, 2.05) is 12.2 Å². The molecule has 0 aliphatic heterocycles. The number of carboxylic acids is 1. The number of aliphatic hydroxyl groups is 2. The highest BCUT2D eigenvalue weighted by molar-refractivity contribution is 5.85. The summed E-state index contributed by atoms with van der Waals surface area (Å²) in [5.74, 6) is 4.67. The van der Waals surface area contributed by atoms with Crippen LogP contribution in [0.15, 0.2) is 12.2 Å². The van der Waals surface area contributed by atoms with Crippen molar-refractivity contribution < 1.29 is 24.9 Å². The highest BCUT2D eigenvalue weighted by Gasteiger charge is 2.42. The van der Waals surface area contributed by atoms with Crippen LogP contribution in [0.3, 0.4) is 0 Å². The summed E-state index contributed by atoms with van der Waals surface area (Å²) in [5, 5.41) is 29.4. The van der Waals surface area contributed by atoms with E-state index in [1.165, 1.54) is 6.42 Å². The van der Waals surface area contributed by atoms with E-state index in [9.17, 15) is 19.8 Å². The Labute approximate surface area is 168 Å². The van der Waals surface area contributed by atoms with E-state index in [-0.39, 0.29) is 35.9 Å². The highest BCUT2D eigenvalue weighted by atomic mass is 16.4. The van der Waals surface area contributed by atoms with E-state index in [1.54, 1.807) is 0 Å². The summed E-state index contributed by atoms with van der Waals surface area (Å²) in [6, 6.07) is 0. The van der Waals surface area contributed by atoms with Crippen LogP contribution in [-0.4, -0.2) is 39.3 Å². The number of hydrogen-bond donors (Lipinski definition) is 3. The second kappa shape index (κ2) is 10.8. The number of ketones is 1. The maximum Gasteiger partial charge on any atom is 0.303 e. The smallest absolute Gasteiger partial charge is 0.303 e.